The fourth-order valence-corrected chi connectivity index (χ4v) is 4.19. The van der Waals surface area contributed by atoms with Crippen LogP contribution in [0.2, 0.25) is 0 Å². The summed E-state index contributed by atoms with van der Waals surface area (Å²) in [6.07, 6.45) is 8.21. The number of anilines is 2. The summed E-state index contributed by atoms with van der Waals surface area (Å²) < 4.78 is 5.41. The number of nitrogens with zero attached hydrogens (tertiary/aromatic N) is 3. The second-order valence-electron chi connectivity index (χ2n) is 9.33. The van der Waals surface area contributed by atoms with Gasteiger partial charge in [0, 0.05) is 29.4 Å². The van der Waals surface area contributed by atoms with Crippen LogP contribution < -0.4 is 11.1 Å². The molecule has 4 rings (SSSR count). The van der Waals surface area contributed by atoms with Crippen molar-refractivity contribution in [3.63, 3.8) is 0 Å². The van der Waals surface area contributed by atoms with E-state index in [0.29, 0.717) is 5.88 Å². The van der Waals surface area contributed by atoms with E-state index in [1.807, 2.05) is 30.3 Å². The second-order valence-corrected chi connectivity index (χ2v) is 9.33. The van der Waals surface area contributed by atoms with Gasteiger partial charge in [0.2, 0.25) is 17.7 Å². The SMILES string of the molecule is CC(C)(C)c1cc(NC(=O)C2(c3ccc(-c4cnc(N)nc4)cc3)CCCCC2)on1. The van der Waals surface area contributed by atoms with E-state index >= 15 is 0 Å². The number of carbonyl (C=O) groups is 1. The molecule has 2 heterocycles. The molecular weight excluding hydrogens is 390 g/mol. The summed E-state index contributed by atoms with van der Waals surface area (Å²) in [4.78, 5) is 21.6. The molecule has 2 aromatic heterocycles. The van der Waals surface area contributed by atoms with Gasteiger partial charge in [-0.25, -0.2) is 9.97 Å². The third-order valence-electron chi connectivity index (χ3n) is 6.10. The molecule has 162 valence electrons. The van der Waals surface area contributed by atoms with Gasteiger partial charge in [0.05, 0.1) is 11.1 Å². The number of nitrogens with one attached hydrogen (secondary N) is 1. The molecule has 0 spiro atoms. The first-order valence-corrected chi connectivity index (χ1v) is 10.7. The topological polar surface area (TPSA) is 107 Å². The lowest BCUT2D eigenvalue weighted by molar-refractivity contribution is -0.122. The number of nitrogens with two attached hydrogens (primary N) is 1. The van der Waals surface area contributed by atoms with Gasteiger partial charge in [0.25, 0.3) is 0 Å². The van der Waals surface area contributed by atoms with Crippen molar-refractivity contribution in [1.29, 1.82) is 0 Å². The fraction of sp³-hybridized carbons (Fsp3) is 0.417. The van der Waals surface area contributed by atoms with Crippen LogP contribution in [0.4, 0.5) is 11.8 Å². The predicted molar refractivity (Wildman–Crippen MR) is 120 cm³/mol. The molecule has 3 aromatic rings. The van der Waals surface area contributed by atoms with Crippen LogP contribution >= 0.6 is 0 Å². The van der Waals surface area contributed by atoms with Gasteiger partial charge in [-0.15, -0.1) is 0 Å². The van der Waals surface area contributed by atoms with E-state index in [9.17, 15) is 4.79 Å². The van der Waals surface area contributed by atoms with E-state index < -0.39 is 5.41 Å². The third kappa shape index (κ3) is 4.31. The molecule has 1 aromatic carbocycles. The summed E-state index contributed by atoms with van der Waals surface area (Å²) in [6.45, 7) is 6.19. The summed E-state index contributed by atoms with van der Waals surface area (Å²) in [5.41, 5.74) is 8.57. The quantitative estimate of drug-likeness (QED) is 0.626. The molecule has 1 aliphatic rings. The van der Waals surface area contributed by atoms with Crippen molar-refractivity contribution < 1.29 is 9.32 Å². The van der Waals surface area contributed by atoms with Gasteiger partial charge >= 0.3 is 0 Å². The van der Waals surface area contributed by atoms with Crippen molar-refractivity contribution >= 4 is 17.7 Å². The summed E-state index contributed by atoms with van der Waals surface area (Å²) >= 11 is 0. The Kier molecular flexibility index (Phi) is 5.52. The van der Waals surface area contributed by atoms with Crippen LogP contribution in [0.5, 0.6) is 0 Å². The van der Waals surface area contributed by atoms with Crippen molar-refractivity contribution in [3.05, 3.63) is 54.0 Å². The molecule has 0 radical (unpaired) electrons. The Balaban J connectivity index is 1.60. The molecule has 0 atom stereocenters. The highest BCUT2D eigenvalue weighted by Crippen LogP contribution is 2.41. The molecule has 1 aliphatic carbocycles. The van der Waals surface area contributed by atoms with Crippen LogP contribution in [-0.2, 0) is 15.6 Å². The van der Waals surface area contributed by atoms with E-state index in [0.717, 1.165) is 54.5 Å². The van der Waals surface area contributed by atoms with Crippen molar-refractivity contribution in [1.82, 2.24) is 15.1 Å². The Morgan fingerprint density at radius 1 is 1.03 bits per heavy atom. The molecule has 0 unspecified atom stereocenters. The maximum Gasteiger partial charge on any atom is 0.237 e. The predicted octanol–water partition coefficient (Wildman–Crippen LogP) is 4.85. The van der Waals surface area contributed by atoms with Crippen LogP contribution in [0.3, 0.4) is 0 Å². The highest BCUT2D eigenvalue weighted by Gasteiger charge is 2.41. The highest BCUT2D eigenvalue weighted by atomic mass is 16.5. The number of rotatable bonds is 4. The average Bonchev–Trinajstić information content (AvgIpc) is 3.24. The molecule has 31 heavy (non-hydrogen) atoms. The van der Waals surface area contributed by atoms with Gasteiger partial charge in [-0.1, -0.05) is 69.5 Å². The monoisotopic (exact) mass is 419 g/mol. The number of benzene rings is 1. The van der Waals surface area contributed by atoms with Crippen molar-refractivity contribution in [2.24, 2.45) is 0 Å². The minimum absolute atomic E-state index is 0.0348. The van der Waals surface area contributed by atoms with Crippen molar-refractivity contribution in [2.75, 3.05) is 11.1 Å². The zero-order valence-corrected chi connectivity index (χ0v) is 18.3. The Morgan fingerprint density at radius 3 is 2.26 bits per heavy atom. The summed E-state index contributed by atoms with van der Waals surface area (Å²) in [5, 5.41) is 7.12. The van der Waals surface area contributed by atoms with Crippen molar-refractivity contribution in [3.8, 4) is 11.1 Å². The minimum Gasteiger partial charge on any atom is -0.368 e. The number of hydrogen-bond acceptors (Lipinski definition) is 6. The second kappa shape index (κ2) is 8.13. The Hall–Kier alpha value is -3.22. The molecule has 0 aliphatic heterocycles. The Labute approximate surface area is 182 Å². The van der Waals surface area contributed by atoms with E-state index in [2.05, 4.69) is 41.2 Å². The smallest absolute Gasteiger partial charge is 0.237 e. The lowest BCUT2D eigenvalue weighted by atomic mass is 9.68. The van der Waals surface area contributed by atoms with Crippen LogP contribution in [0.15, 0.2) is 47.2 Å². The molecule has 1 amide bonds. The number of aromatic nitrogens is 3. The number of amides is 1. The largest absolute Gasteiger partial charge is 0.368 e. The van der Waals surface area contributed by atoms with Gasteiger partial charge in [0.15, 0.2) is 0 Å². The third-order valence-corrected chi connectivity index (χ3v) is 6.10. The van der Waals surface area contributed by atoms with Gasteiger partial charge < -0.3 is 10.3 Å². The summed E-state index contributed by atoms with van der Waals surface area (Å²) in [7, 11) is 0. The fourth-order valence-electron chi connectivity index (χ4n) is 4.19. The number of carbonyl (C=O) groups excluding carboxylic acids is 1. The molecule has 0 bridgehead atoms. The molecule has 1 saturated carbocycles. The molecule has 7 heteroatoms. The van der Waals surface area contributed by atoms with Crippen LogP contribution in [0, 0.1) is 0 Å². The molecule has 7 nitrogen and oxygen atoms in total. The normalized spacial score (nSPS) is 16.1. The molecular formula is C24H29N5O2. The van der Waals surface area contributed by atoms with Gasteiger partial charge in [-0.2, -0.15) is 0 Å². The number of hydrogen-bond donors (Lipinski definition) is 2. The van der Waals surface area contributed by atoms with Crippen LogP contribution in [-0.4, -0.2) is 21.0 Å². The number of nitrogen functional groups attached to an aromatic ring is 1. The van der Waals surface area contributed by atoms with E-state index in [4.69, 9.17) is 10.3 Å². The van der Waals surface area contributed by atoms with Gasteiger partial charge in [-0.3, -0.25) is 10.1 Å². The molecule has 0 saturated heterocycles. The first kappa shape index (κ1) is 21.0. The highest BCUT2D eigenvalue weighted by molar-refractivity contribution is 5.98. The van der Waals surface area contributed by atoms with E-state index in [-0.39, 0.29) is 17.3 Å². The maximum absolute atomic E-state index is 13.5. The summed E-state index contributed by atoms with van der Waals surface area (Å²) in [6, 6.07) is 9.92. The first-order chi connectivity index (χ1) is 14.8. The van der Waals surface area contributed by atoms with Crippen molar-refractivity contribution in [2.45, 2.75) is 63.7 Å². The molecule has 1 fully saturated rings. The van der Waals surface area contributed by atoms with Crippen LogP contribution in [0.25, 0.3) is 11.1 Å². The van der Waals surface area contributed by atoms with E-state index in [1.165, 1.54) is 0 Å². The average molecular weight is 420 g/mol. The summed E-state index contributed by atoms with van der Waals surface area (Å²) in [5.74, 6) is 0.614. The standard InChI is InChI=1S/C24H29N5O2/c1-23(2,3)19-13-20(31-29-19)28-21(30)24(11-5-4-6-12-24)18-9-7-16(8-10-18)17-14-26-22(25)27-15-17/h7-10,13-15H,4-6,11-12H2,1-3H3,(H,28,30)(H2,25,26,27). The first-order valence-electron chi connectivity index (χ1n) is 10.7. The minimum atomic E-state index is -0.580. The van der Waals surface area contributed by atoms with E-state index in [1.54, 1.807) is 12.4 Å². The lowest BCUT2D eigenvalue weighted by Crippen LogP contribution is -2.42. The zero-order valence-electron chi connectivity index (χ0n) is 18.3. The van der Waals surface area contributed by atoms with Crippen LogP contribution in [0.1, 0.15) is 64.1 Å². The van der Waals surface area contributed by atoms with Gasteiger partial charge in [-0.05, 0) is 24.0 Å². The maximum atomic E-state index is 13.5. The zero-order chi connectivity index (χ0) is 22.1. The van der Waals surface area contributed by atoms with Gasteiger partial charge in [0.1, 0.15) is 0 Å². The Bertz CT molecular complexity index is 1040. The Morgan fingerprint density at radius 2 is 1.68 bits per heavy atom. The lowest BCUT2D eigenvalue weighted by Gasteiger charge is -2.36. The molecule has 3 N–H and O–H groups in total.